The van der Waals surface area contributed by atoms with Crippen LogP contribution >= 0.6 is 11.6 Å². The molecule has 1 aliphatic heterocycles. The third-order valence-electron chi connectivity index (χ3n) is 3.20. The minimum atomic E-state index is -0.665. The summed E-state index contributed by atoms with van der Waals surface area (Å²) in [6, 6.07) is 2.76. The van der Waals surface area contributed by atoms with E-state index < -0.39 is 11.9 Å². The average molecular weight is 358 g/mol. The molecular formula is C16H20ClNO6. The standard InChI is InChI=1S/C16H20ClNO6/c1-10(8-21-2)18-14(19)9-24-16(20)11-6-12(17)15-13(7-11)22-4-3-5-23-15/h6-7,10H,3-5,8-9H2,1-2H3,(H,18,19). The van der Waals surface area contributed by atoms with Gasteiger partial charge < -0.3 is 24.3 Å². The topological polar surface area (TPSA) is 83.1 Å². The highest BCUT2D eigenvalue weighted by molar-refractivity contribution is 6.32. The first-order chi connectivity index (χ1) is 11.5. The number of methoxy groups -OCH3 is 1. The second-order valence-corrected chi connectivity index (χ2v) is 5.74. The van der Waals surface area contributed by atoms with Gasteiger partial charge in [-0.25, -0.2) is 4.79 Å². The molecule has 0 aliphatic carbocycles. The molecule has 0 fully saturated rings. The van der Waals surface area contributed by atoms with E-state index >= 15 is 0 Å². The van der Waals surface area contributed by atoms with Crippen LogP contribution in [-0.4, -0.2) is 51.5 Å². The molecule has 1 unspecified atom stereocenters. The third kappa shape index (κ3) is 5.01. The molecule has 7 nitrogen and oxygen atoms in total. The molecule has 1 aromatic rings. The van der Waals surface area contributed by atoms with Crippen LogP contribution in [0.15, 0.2) is 12.1 Å². The van der Waals surface area contributed by atoms with Gasteiger partial charge in [0.05, 0.1) is 30.4 Å². The molecule has 1 atom stereocenters. The maximum atomic E-state index is 12.1. The number of carbonyl (C=O) groups is 2. The zero-order valence-corrected chi connectivity index (χ0v) is 14.4. The molecule has 1 N–H and O–H groups in total. The van der Waals surface area contributed by atoms with Crippen LogP contribution in [0.1, 0.15) is 23.7 Å². The van der Waals surface area contributed by atoms with Crippen LogP contribution < -0.4 is 14.8 Å². The van der Waals surface area contributed by atoms with Gasteiger partial charge in [-0.2, -0.15) is 0 Å². The lowest BCUT2D eigenvalue weighted by Gasteiger charge is -2.13. The largest absolute Gasteiger partial charge is 0.489 e. The van der Waals surface area contributed by atoms with Crippen molar-refractivity contribution in [2.24, 2.45) is 0 Å². The van der Waals surface area contributed by atoms with E-state index in [0.717, 1.165) is 6.42 Å². The summed E-state index contributed by atoms with van der Waals surface area (Å²) in [4.78, 5) is 23.8. The number of carbonyl (C=O) groups excluding carboxylic acids is 2. The van der Waals surface area contributed by atoms with Crippen molar-refractivity contribution in [3.63, 3.8) is 0 Å². The summed E-state index contributed by atoms with van der Waals surface area (Å²) >= 11 is 6.12. The minimum absolute atomic E-state index is 0.173. The maximum Gasteiger partial charge on any atom is 0.338 e. The van der Waals surface area contributed by atoms with E-state index in [1.54, 1.807) is 6.92 Å². The van der Waals surface area contributed by atoms with Gasteiger partial charge in [0.15, 0.2) is 18.1 Å². The van der Waals surface area contributed by atoms with E-state index in [-0.39, 0.29) is 23.2 Å². The van der Waals surface area contributed by atoms with Crippen LogP contribution in [0.25, 0.3) is 0 Å². The van der Waals surface area contributed by atoms with Gasteiger partial charge in [-0.05, 0) is 19.1 Å². The number of hydrogen-bond donors (Lipinski definition) is 1. The highest BCUT2D eigenvalue weighted by Gasteiger charge is 2.20. The summed E-state index contributed by atoms with van der Waals surface area (Å²) in [7, 11) is 1.54. The first-order valence-corrected chi connectivity index (χ1v) is 7.93. The summed E-state index contributed by atoms with van der Waals surface area (Å²) < 4.78 is 20.9. The van der Waals surface area contributed by atoms with E-state index in [1.165, 1.54) is 19.2 Å². The molecule has 24 heavy (non-hydrogen) atoms. The Morgan fingerprint density at radius 3 is 2.83 bits per heavy atom. The summed E-state index contributed by atoms with van der Waals surface area (Å²) in [5.74, 6) is -0.266. The van der Waals surface area contributed by atoms with Gasteiger partial charge in [0, 0.05) is 19.6 Å². The van der Waals surface area contributed by atoms with E-state index in [9.17, 15) is 9.59 Å². The predicted octanol–water partition coefficient (Wildman–Crippen LogP) is 1.81. The fourth-order valence-electron chi connectivity index (χ4n) is 2.17. The fraction of sp³-hybridized carbons (Fsp3) is 0.500. The first kappa shape index (κ1) is 18.4. The second-order valence-electron chi connectivity index (χ2n) is 5.34. The molecule has 2 rings (SSSR count). The lowest BCUT2D eigenvalue weighted by Crippen LogP contribution is -2.38. The summed E-state index contributed by atoms with van der Waals surface area (Å²) in [6.07, 6.45) is 0.727. The van der Waals surface area contributed by atoms with Gasteiger partial charge >= 0.3 is 5.97 Å². The Labute approximate surface area is 145 Å². The van der Waals surface area contributed by atoms with Crippen LogP contribution in [0.4, 0.5) is 0 Å². The molecule has 1 heterocycles. The molecule has 0 saturated heterocycles. The molecule has 8 heteroatoms. The van der Waals surface area contributed by atoms with Crippen molar-refractivity contribution in [3.05, 3.63) is 22.7 Å². The Balaban J connectivity index is 1.96. The van der Waals surface area contributed by atoms with E-state index in [0.29, 0.717) is 31.3 Å². The molecule has 0 spiro atoms. The molecule has 132 valence electrons. The smallest absolute Gasteiger partial charge is 0.338 e. The number of rotatable bonds is 6. The van der Waals surface area contributed by atoms with Gasteiger partial charge in [-0.15, -0.1) is 0 Å². The minimum Gasteiger partial charge on any atom is -0.489 e. The van der Waals surface area contributed by atoms with Crippen LogP contribution in [0.5, 0.6) is 11.5 Å². The molecule has 1 aromatic carbocycles. The fourth-order valence-corrected chi connectivity index (χ4v) is 2.44. The third-order valence-corrected chi connectivity index (χ3v) is 3.48. The van der Waals surface area contributed by atoms with Crippen molar-refractivity contribution in [2.75, 3.05) is 33.5 Å². The highest BCUT2D eigenvalue weighted by Crippen LogP contribution is 2.38. The van der Waals surface area contributed by atoms with Crippen LogP contribution in [0.3, 0.4) is 0 Å². The lowest BCUT2D eigenvalue weighted by molar-refractivity contribution is -0.125. The zero-order valence-electron chi connectivity index (χ0n) is 13.6. The number of benzene rings is 1. The number of amides is 1. The van der Waals surface area contributed by atoms with Crippen molar-refractivity contribution in [2.45, 2.75) is 19.4 Å². The van der Waals surface area contributed by atoms with Gasteiger partial charge in [0.1, 0.15) is 0 Å². The first-order valence-electron chi connectivity index (χ1n) is 7.56. The Morgan fingerprint density at radius 1 is 1.33 bits per heavy atom. The van der Waals surface area contributed by atoms with Gasteiger partial charge in [0.2, 0.25) is 0 Å². The lowest BCUT2D eigenvalue weighted by atomic mass is 10.2. The molecule has 1 amide bonds. The SMILES string of the molecule is COCC(C)NC(=O)COC(=O)c1cc(Cl)c2c(c1)OCCCO2. The molecule has 1 aliphatic rings. The predicted molar refractivity (Wildman–Crippen MR) is 86.8 cm³/mol. The highest BCUT2D eigenvalue weighted by atomic mass is 35.5. The molecule has 0 bridgehead atoms. The second kappa shape index (κ2) is 8.75. The Hall–Kier alpha value is -1.99. The monoisotopic (exact) mass is 357 g/mol. The van der Waals surface area contributed by atoms with E-state index in [1.807, 2.05) is 0 Å². The molecule has 0 radical (unpaired) electrons. The van der Waals surface area contributed by atoms with Gasteiger partial charge in [-0.1, -0.05) is 11.6 Å². The van der Waals surface area contributed by atoms with Gasteiger partial charge in [0.25, 0.3) is 5.91 Å². The van der Waals surface area contributed by atoms with Crippen LogP contribution in [0, 0.1) is 0 Å². The van der Waals surface area contributed by atoms with Crippen molar-refractivity contribution >= 4 is 23.5 Å². The van der Waals surface area contributed by atoms with E-state index in [2.05, 4.69) is 5.32 Å². The van der Waals surface area contributed by atoms with Crippen molar-refractivity contribution in [3.8, 4) is 11.5 Å². The maximum absolute atomic E-state index is 12.1. The number of ether oxygens (including phenoxy) is 4. The van der Waals surface area contributed by atoms with E-state index in [4.69, 9.17) is 30.5 Å². The quantitative estimate of drug-likeness (QED) is 0.782. The van der Waals surface area contributed by atoms with Crippen LogP contribution in [-0.2, 0) is 14.3 Å². The molecule has 0 saturated carbocycles. The molecule has 0 aromatic heterocycles. The average Bonchev–Trinajstić information content (AvgIpc) is 2.78. The normalized spacial score (nSPS) is 14.5. The Kier molecular flexibility index (Phi) is 6.69. The number of hydrogen-bond acceptors (Lipinski definition) is 6. The van der Waals surface area contributed by atoms with Crippen molar-refractivity contribution < 1.29 is 28.5 Å². The zero-order chi connectivity index (χ0) is 17.5. The summed E-state index contributed by atoms with van der Waals surface area (Å²) in [5.41, 5.74) is 0.196. The van der Waals surface area contributed by atoms with Crippen molar-refractivity contribution in [1.29, 1.82) is 0 Å². The van der Waals surface area contributed by atoms with Crippen LogP contribution in [0.2, 0.25) is 5.02 Å². The number of nitrogens with one attached hydrogen (secondary N) is 1. The molecular weight excluding hydrogens is 338 g/mol. The number of halogens is 1. The van der Waals surface area contributed by atoms with Crippen molar-refractivity contribution in [1.82, 2.24) is 5.32 Å². The summed E-state index contributed by atoms with van der Waals surface area (Å²) in [6.45, 7) is 2.74. The Bertz CT molecular complexity index is 606. The van der Waals surface area contributed by atoms with Gasteiger partial charge in [-0.3, -0.25) is 4.79 Å². The Morgan fingerprint density at radius 2 is 2.08 bits per heavy atom. The summed E-state index contributed by atoms with van der Waals surface area (Å²) in [5, 5.41) is 2.91. The number of esters is 1. The number of fused-ring (bicyclic) bond motifs is 1.